The predicted octanol–water partition coefficient (Wildman–Crippen LogP) is 2.84. The van der Waals surface area contributed by atoms with E-state index < -0.39 is 0 Å². The Morgan fingerprint density at radius 3 is 2.71 bits per heavy atom. The Bertz CT molecular complexity index is 791. The monoisotopic (exact) mass is 339 g/mol. The minimum atomic E-state index is -0.0494. The summed E-state index contributed by atoms with van der Waals surface area (Å²) < 4.78 is 0. The van der Waals surface area contributed by atoms with Crippen molar-refractivity contribution in [3.05, 3.63) is 60.4 Å². The normalized spacial score (nSPS) is 11.9. The maximum Gasteiger partial charge on any atom is 0.230 e. The highest BCUT2D eigenvalue weighted by Gasteiger charge is 2.12. The molecule has 0 bridgehead atoms. The number of carbonyl (C=O) groups is 1. The standard InChI is InChI=1S/C17H17N5OS/c1-12(13-5-3-2-4-6-13)19-15(23)11-24-17-20-16(21-22-17)14-7-9-18-10-8-14/h2-10,12H,11H2,1H3,(H,19,23)(H,20,21,22)/t12-/m0/s1. The van der Waals surface area contributed by atoms with Crippen molar-refractivity contribution in [2.24, 2.45) is 0 Å². The molecule has 3 rings (SSSR count). The zero-order chi connectivity index (χ0) is 16.8. The van der Waals surface area contributed by atoms with Crippen LogP contribution in [0.25, 0.3) is 11.4 Å². The summed E-state index contributed by atoms with van der Waals surface area (Å²) in [4.78, 5) is 20.4. The Morgan fingerprint density at radius 2 is 1.96 bits per heavy atom. The predicted molar refractivity (Wildman–Crippen MR) is 93.3 cm³/mol. The molecule has 0 aliphatic heterocycles. The van der Waals surface area contributed by atoms with E-state index in [-0.39, 0.29) is 17.7 Å². The molecule has 0 aliphatic rings. The molecule has 1 aromatic carbocycles. The molecule has 0 radical (unpaired) electrons. The number of nitrogens with one attached hydrogen (secondary N) is 2. The fraction of sp³-hybridized carbons (Fsp3) is 0.176. The largest absolute Gasteiger partial charge is 0.349 e. The third kappa shape index (κ3) is 4.20. The van der Waals surface area contributed by atoms with Gasteiger partial charge < -0.3 is 5.32 Å². The van der Waals surface area contributed by atoms with Gasteiger partial charge in [-0.25, -0.2) is 4.98 Å². The fourth-order valence-electron chi connectivity index (χ4n) is 2.19. The number of H-pyrrole nitrogens is 1. The fourth-order valence-corrected chi connectivity index (χ4v) is 2.80. The number of benzene rings is 1. The van der Waals surface area contributed by atoms with Crippen LogP contribution in [-0.4, -0.2) is 31.8 Å². The molecule has 24 heavy (non-hydrogen) atoms. The number of aromatic amines is 1. The van der Waals surface area contributed by atoms with E-state index in [1.807, 2.05) is 49.4 Å². The van der Waals surface area contributed by atoms with Gasteiger partial charge in [-0.05, 0) is 24.6 Å². The number of amides is 1. The molecule has 2 heterocycles. The highest BCUT2D eigenvalue weighted by molar-refractivity contribution is 7.99. The second-order valence-corrected chi connectivity index (χ2v) is 6.13. The first kappa shape index (κ1) is 16.2. The summed E-state index contributed by atoms with van der Waals surface area (Å²) in [7, 11) is 0. The lowest BCUT2D eigenvalue weighted by atomic mass is 10.1. The Labute approximate surface area is 144 Å². The zero-order valence-electron chi connectivity index (χ0n) is 13.1. The summed E-state index contributed by atoms with van der Waals surface area (Å²) in [5.41, 5.74) is 1.99. The van der Waals surface area contributed by atoms with Gasteiger partial charge in [-0.3, -0.25) is 14.9 Å². The summed E-state index contributed by atoms with van der Waals surface area (Å²) >= 11 is 1.30. The van der Waals surface area contributed by atoms with E-state index in [9.17, 15) is 4.79 Å². The van der Waals surface area contributed by atoms with E-state index in [0.717, 1.165) is 11.1 Å². The molecule has 0 fully saturated rings. The Balaban J connectivity index is 1.53. The molecule has 1 atom stereocenters. The van der Waals surface area contributed by atoms with Gasteiger partial charge in [0.1, 0.15) is 0 Å². The average Bonchev–Trinajstić information content (AvgIpc) is 3.10. The van der Waals surface area contributed by atoms with Gasteiger partial charge >= 0.3 is 0 Å². The third-order valence-corrected chi connectivity index (χ3v) is 4.28. The van der Waals surface area contributed by atoms with Crippen LogP contribution in [0.2, 0.25) is 0 Å². The van der Waals surface area contributed by atoms with Crippen molar-refractivity contribution in [2.75, 3.05) is 5.75 Å². The van der Waals surface area contributed by atoms with E-state index in [1.165, 1.54) is 11.8 Å². The maximum absolute atomic E-state index is 12.1. The van der Waals surface area contributed by atoms with Crippen molar-refractivity contribution in [3.63, 3.8) is 0 Å². The van der Waals surface area contributed by atoms with E-state index in [2.05, 4.69) is 25.5 Å². The molecule has 1 amide bonds. The summed E-state index contributed by atoms with van der Waals surface area (Å²) in [5.74, 6) is 0.884. The second kappa shape index (κ2) is 7.74. The molecule has 0 unspecified atom stereocenters. The molecule has 0 spiro atoms. The summed E-state index contributed by atoms with van der Waals surface area (Å²) in [6, 6.07) is 13.5. The number of pyridine rings is 1. The highest BCUT2D eigenvalue weighted by Crippen LogP contribution is 2.18. The SMILES string of the molecule is C[C@H](NC(=O)CSc1n[nH]c(-c2ccncc2)n1)c1ccccc1. The van der Waals surface area contributed by atoms with Gasteiger partial charge in [0, 0.05) is 18.0 Å². The van der Waals surface area contributed by atoms with Crippen molar-refractivity contribution in [3.8, 4) is 11.4 Å². The minimum Gasteiger partial charge on any atom is -0.349 e. The summed E-state index contributed by atoms with van der Waals surface area (Å²) in [6.07, 6.45) is 3.40. The van der Waals surface area contributed by atoms with Crippen LogP contribution in [0.3, 0.4) is 0 Å². The van der Waals surface area contributed by atoms with E-state index in [0.29, 0.717) is 11.0 Å². The highest BCUT2D eigenvalue weighted by atomic mass is 32.2. The van der Waals surface area contributed by atoms with Crippen LogP contribution in [0.4, 0.5) is 0 Å². The quantitative estimate of drug-likeness (QED) is 0.675. The lowest BCUT2D eigenvalue weighted by Crippen LogP contribution is -2.28. The third-order valence-electron chi connectivity index (χ3n) is 3.43. The Kier molecular flexibility index (Phi) is 5.22. The molecule has 2 N–H and O–H groups in total. The van der Waals surface area contributed by atoms with E-state index in [4.69, 9.17) is 0 Å². The van der Waals surface area contributed by atoms with Crippen LogP contribution in [0.5, 0.6) is 0 Å². The molecular formula is C17H17N5OS. The molecule has 0 saturated carbocycles. The van der Waals surface area contributed by atoms with Gasteiger partial charge in [0.25, 0.3) is 0 Å². The second-order valence-electron chi connectivity index (χ2n) is 5.19. The molecule has 0 aliphatic carbocycles. The van der Waals surface area contributed by atoms with Crippen molar-refractivity contribution in [2.45, 2.75) is 18.1 Å². The molecule has 6 nitrogen and oxygen atoms in total. The van der Waals surface area contributed by atoms with Crippen LogP contribution < -0.4 is 5.32 Å². The van der Waals surface area contributed by atoms with Gasteiger partial charge in [0.05, 0.1) is 11.8 Å². The van der Waals surface area contributed by atoms with Crippen LogP contribution >= 0.6 is 11.8 Å². The number of thioether (sulfide) groups is 1. The van der Waals surface area contributed by atoms with Crippen LogP contribution in [0.15, 0.2) is 60.0 Å². The molecule has 2 aromatic heterocycles. The number of hydrogen-bond donors (Lipinski definition) is 2. The van der Waals surface area contributed by atoms with Gasteiger partial charge in [0.15, 0.2) is 5.82 Å². The van der Waals surface area contributed by atoms with Crippen molar-refractivity contribution in [1.82, 2.24) is 25.5 Å². The first-order chi connectivity index (χ1) is 11.7. The summed E-state index contributed by atoms with van der Waals surface area (Å²) in [6.45, 7) is 1.96. The van der Waals surface area contributed by atoms with Gasteiger partial charge in [-0.2, -0.15) is 0 Å². The molecule has 0 saturated heterocycles. The van der Waals surface area contributed by atoms with Crippen molar-refractivity contribution >= 4 is 17.7 Å². The zero-order valence-corrected chi connectivity index (χ0v) is 14.0. The lowest BCUT2D eigenvalue weighted by Gasteiger charge is -2.13. The number of nitrogens with zero attached hydrogens (tertiary/aromatic N) is 3. The first-order valence-electron chi connectivity index (χ1n) is 7.52. The number of rotatable bonds is 6. The Morgan fingerprint density at radius 1 is 1.21 bits per heavy atom. The molecular weight excluding hydrogens is 322 g/mol. The topological polar surface area (TPSA) is 83.6 Å². The van der Waals surface area contributed by atoms with Gasteiger partial charge in [0.2, 0.25) is 11.1 Å². The van der Waals surface area contributed by atoms with Crippen molar-refractivity contribution in [1.29, 1.82) is 0 Å². The van der Waals surface area contributed by atoms with Crippen molar-refractivity contribution < 1.29 is 4.79 Å². The summed E-state index contributed by atoms with van der Waals surface area (Å²) in [5, 5.41) is 10.5. The smallest absolute Gasteiger partial charge is 0.230 e. The number of hydrogen-bond acceptors (Lipinski definition) is 5. The average molecular weight is 339 g/mol. The first-order valence-corrected chi connectivity index (χ1v) is 8.51. The van der Waals surface area contributed by atoms with Gasteiger partial charge in [-0.1, -0.05) is 42.1 Å². The molecule has 3 aromatic rings. The Hall–Kier alpha value is -2.67. The maximum atomic E-state index is 12.1. The van der Waals surface area contributed by atoms with Crippen LogP contribution in [-0.2, 0) is 4.79 Å². The van der Waals surface area contributed by atoms with E-state index in [1.54, 1.807) is 12.4 Å². The van der Waals surface area contributed by atoms with Crippen LogP contribution in [0.1, 0.15) is 18.5 Å². The van der Waals surface area contributed by atoms with E-state index >= 15 is 0 Å². The number of carbonyl (C=O) groups excluding carboxylic acids is 1. The van der Waals surface area contributed by atoms with Gasteiger partial charge in [-0.15, -0.1) is 5.10 Å². The molecule has 122 valence electrons. The lowest BCUT2D eigenvalue weighted by molar-refractivity contribution is -0.119. The number of aromatic nitrogens is 4. The minimum absolute atomic E-state index is 0.0289. The molecule has 7 heteroatoms. The van der Waals surface area contributed by atoms with Crippen LogP contribution in [0, 0.1) is 0 Å².